The molecule has 1 aromatic heterocycles. The number of urea groups is 1. The predicted octanol–water partition coefficient (Wildman–Crippen LogP) is 5.12. The van der Waals surface area contributed by atoms with E-state index >= 15 is 0 Å². The quantitative estimate of drug-likeness (QED) is 0.570. The maximum atomic E-state index is 13.8. The van der Waals surface area contributed by atoms with Crippen molar-refractivity contribution in [2.45, 2.75) is 26.4 Å². The van der Waals surface area contributed by atoms with Crippen molar-refractivity contribution in [2.75, 3.05) is 10.6 Å². The molecule has 0 aliphatic heterocycles. The lowest BCUT2D eigenvalue weighted by atomic mass is 10.3. The largest absolute Gasteiger partial charge is 0.322 e. The van der Waals surface area contributed by atoms with Crippen LogP contribution in [0.25, 0.3) is 0 Å². The first-order valence-electron chi connectivity index (χ1n) is 9.17. The Hall–Kier alpha value is -3.33. The molecule has 0 bridgehead atoms. The van der Waals surface area contributed by atoms with Crippen LogP contribution in [0.5, 0.6) is 0 Å². The van der Waals surface area contributed by atoms with E-state index in [-0.39, 0.29) is 29.7 Å². The molecule has 156 valence electrons. The number of rotatable bonds is 6. The van der Waals surface area contributed by atoms with E-state index < -0.39 is 23.6 Å². The highest BCUT2D eigenvalue weighted by Crippen LogP contribution is 2.19. The summed E-state index contributed by atoms with van der Waals surface area (Å²) >= 11 is 1.20. The molecule has 0 saturated heterocycles. The maximum absolute atomic E-state index is 13.8. The van der Waals surface area contributed by atoms with Gasteiger partial charge in [0.25, 0.3) is 5.91 Å². The molecule has 2 aromatic carbocycles. The second-order valence-electron chi connectivity index (χ2n) is 6.69. The molecule has 0 atom stereocenters. The number of nitrogens with zero attached hydrogens (tertiary/aromatic N) is 2. The van der Waals surface area contributed by atoms with Gasteiger partial charge in [0.15, 0.2) is 0 Å². The third-order valence-electron chi connectivity index (χ3n) is 4.21. The maximum Gasteiger partial charge on any atom is 0.322 e. The predicted molar refractivity (Wildman–Crippen MR) is 113 cm³/mol. The minimum Gasteiger partial charge on any atom is -0.318 e. The molecular formula is C21H20F2N4O2S. The third kappa shape index (κ3) is 5.18. The van der Waals surface area contributed by atoms with Crippen molar-refractivity contribution in [3.05, 3.63) is 76.2 Å². The van der Waals surface area contributed by atoms with E-state index in [0.29, 0.717) is 5.01 Å². The molecule has 2 N–H and O–H groups in total. The van der Waals surface area contributed by atoms with Crippen molar-refractivity contribution in [1.82, 2.24) is 9.88 Å². The van der Waals surface area contributed by atoms with Crippen molar-refractivity contribution in [1.29, 1.82) is 0 Å². The number of thiazole rings is 1. The molecule has 0 saturated carbocycles. The van der Waals surface area contributed by atoms with Crippen LogP contribution < -0.4 is 10.6 Å². The number of carbonyl (C=O) groups excluding carboxylic acids is 2. The van der Waals surface area contributed by atoms with Crippen LogP contribution >= 0.6 is 11.3 Å². The molecule has 0 radical (unpaired) electrons. The van der Waals surface area contributed by atoms with Crippen LogP contribution in [-0.4, -0.2) is 27.9 Å². The van der Waals surface area contributed by atoms with Crippen LogP contribution in [0.15, 0.2) is 53.9 Å². The first-order chi connectivity index (χ1) is 14.3. The Morgan fingerprint density at radius 3 is 2.13 bits per heavy atom. The standard InChI is InChI=1S/C21H20F2N4O2S/c1-13(2)27(21(29)26-17-10-6-4-8-15(17)23)11-19-24-18(12-30-19)20(28)25-16-9-5-3-7-14(16)22/h3-10,12-13H,11H2,1-2H3,(H,25,28)(H,26,29). The fourth-order valence-corrected chi connectivity index (χ4v) is 3.39. The second-order valence-corrected chi connectivity index (χ2v) is 7.63. The summed E-state index contributed by atoms with van der Waals surface area (Å²) in [6.07, 6.45) is 0. The Balaban J connectivity index is 1.69. The van der Waals surface area contributed by atoms with Crippen LogP contribution in [0.2, 0.25) is 0 Å². The molecule has 3 rings (SSSR count). The average Bonchev–Trinajstić information content (AvgIpc) is 3.18. The van der Waals surface area contributed by atoms with E-state index in [0.717, 1.165) is 0 Å². The zero-order chi connectivity index (χ0) is 21.7. The van der Waals surface area contributed by atoms with Gasteiger partial charge in [-0.3, -0.25) is 4.79 Å². The van der Waals surface area contributed by atoms with Gasteiger partial charge in [0, 0.05) is 11.4 Å². The summed E-state index contributed by atoms with van der Waals surface area (Å²) in [5, 5.41) is 7.08. The van der Waals surface area contributed by atoms with Gasteiger partial charge in [-0.05, 0) is 38.1 Å². The molecule has 0 fully saturated rings. The van der Waals surface area contributed by atoms with Gasteiger partial charge in [-0.15, -0.1) is 11.3 Å². The Morgan fingerprint density at radius 2 is 1.57 bits per heavy atom. The first kappa shape index (κ1) is 21.4. The van der Waals surface area contributed by atoms with E-state index in [1.807, 2.05) is 13.8 Å². The highest BCUT2D eigenvalue weighted by molar-refractivity contribution is 7.09. The molecule has 9 heteroatoms. The van der Waals surface area contributed by atoms with Gasteiger partial charge in [0.2, 0.25) is 0 Å². The summed E-state index contributed by atoms with van der Waals surface area (Å²) in [6, 6.07) is 11.0. The number of hydrogen-bond acceptors (Lipinski definition) is 4. The van der Waals surface area contributed by atoms with E-state index in [1.165, 1.54) is 52.6 Å². The van der Waals surface area contributed by atoms with Crippen LogP contribution in [0, 0.1) is 11.6 Å². The number of nitrogens with one attached hydrogen (secondary N) is 2. The van der Waals surface area contributed by atoms with Gasteiger partial charge in [-0.1, -0.05) is 24.3 Å². The zero-order valence-corrected chi connectivity index (χ0v) is 17.2. The van der Waals surface area contributed by atoms with Crippen molar-refractivity contribution in [2.24, 2.45) is 0 Å². The minimum atomic E-state index is -0.547. The van der Waals surface area contributed by atoms with Crippen molar-refractivity contribution < 1.29 is 18.4 Å². The Morgan fingerprint density at radius 1 is 1.00 bits per heavy atom. The van der Waals surface area contributed by atoms with Crippen LogP contribution in [0.3, 0.4) is 0 Å². The smallest absolute Gasteiger partial charge is 0.318 e. The van der Waals surface area contributed by atoms with Gasteiger partial charge in [0.1, 0.15) is 22.3 Å². The first-order valence-corrected chi connectivity index (χ1v) is 10.1. The summed E-state index contributed by atoms with van der Waals surface area (Å²) in [5.74, 6) is -1.62. The topological polar surface area (TPSA) is 74.3 Å². The number of aromatic nitrogens is 1. The summed E-state index contributed by atoms with van der Waals surface area (Å²) in [5.41, 5.74) is 0.263. The highest BCUT2D eigenvalue weighted by Gasteiger charge is 2.21. The summed E-state index contributed by atoms with van der Waals surface area (Å²) < 4.78 is 27.5. The third-order valence-corrected chi connectivity index (χ3v) is 5.05. The van der Waals surface area contributed by atoms with Gasteiger partial charge < -0.3 is 15.5 Å². The van der Waals surface area contributed by atoms with Crippen LogP contribution in [0.4, 0.5) is 25.0 Å². The molecule has 0 aliphatic rings. The van der Waals surface area contributed by atoms with Crippen molar-refractivity contribution in [3.8, 4) is 0 Å². The van der Waals surface area contributed by atoms with Gasteiger partial charge >= 0.3 is 6.03 Å². The molecular weight excluding hydrogens is 410 g/mol. The number of halogens is 2. The number of anilines is 2. The zero-order valence-electron chi connectivity index (χ0n) is 16.4. The number of amides is 3. The lowest BCUT2D eigenvalue weighted by Gasteiger charge is -2.26. The van der Waals surface area contributed by atoms with Gasteiger partial charge in [-0.2, -0.15) is 0 Å². The molecule has 0 spiro atoms. The second kappa shape index (κ2) is 9.45. The van der Waals surface area contributed by atoms with Gasteiger partial charge in [-0.25, -0.2) is 18.6 Å². The van der Waals surface area contributed by atoms with E-state index in [1.54, 1.807) is 17.5 Å². The SMILES string of the molecule is CC(C)N(Cc1nc(C(=O)Nc2ccccc2F)cs1)C(=O)Nc1ccccc1F. The summed E-state index contributed by atoms with van der Waals surface area (Å²) in [6.45, 7) is 3.77. The summed E-state index contributed by atoms with van der Waals surface area (Å²) in [7, 11) is 0. The van der Waals surface area contributed by atoms with Crippen LogP contribution in [-0.2, 0) is 6.54 Å². The number of benzene rings is 2. The molecule has 0 aliphatic carbocycles. The molecule has 6 nitrogen and oxygen atoms in total. The Labute approximate surface area is 176 Å². The Kier molecular flexibility index (Phi) is 6.73. The number of carbonyl (C=O) groups is 2. The molecule has 3 amide bonds. The fraction of sp³-hybridized carbons (Fsp3) is 0.190. The monoisotopic (exact) mass is 430 g/mol. The number of hydrogen-bond donors (Lipinski definition) is 2. The molecule has 30 heavy (non-hydrogen) atoms. The van der Waals surface area contributed by atoms with E-state index in [4.69, 9.17) is 0 Å². The molecule has 3 aromatic rings. The van der Waals surface area contributed by atoms with E-state index in [2.05, 4.69) is 15.6 Å². The van der Waals surface area contributed by atoms with Crippen molar-refractivity contribution >= 4 is 34.6 Å². The lowest BCUT2D eigenvalue weighted by molar-refractivity contribution is 0.102. The summed E-state index contributed by atoms with van der Waals surface area (Å²) in [4.78, 5) is 30.7. The molecule has 0 unspecified atom stereocenters. The van der Waals surface area contributed by atoms with Crippen LogP contribution in [0.1, 0.15) is 29.3 Å². The molecule has 1 heterocycles. The lowest BCUT2D eigenvalue weighted by Crippen LogP contribution is -2.39. The highest BCUT2D eigenvalue weighted by atomic mass is 32.1. The van der Waals surface area contributed by atoms with Gasteiger partial charge in [0.05, 0.1) is 17.9 Å². The average molecular weight is 430 g/mol. The normalized spacial score (nSPS) is 10.7. The number of para-hydroxylation sites is 2. The minimum absolute atomic E-state index is 0.0603. The Bertz CT molecular complexity index is 1050. The van der Waals surface area contributed by atoms with E-state index in [9.17, 15) is 18.4 Å². The van der Waals surface area contributed by atoms with Crippen molar-refractivity contribution in [3.63, 3.8) is 0 Å². The fourth-order valence-electron chi connectivity index (χ4n) is 2.62.